The first-order chi connectivity index (χ1) is 7.16. The summed E-state index contributed by atoms with van der Waals surface area (Å²) in [5.41, 5.74) is 0.704. The Balaban J connectivity index is 1.50. The smallest absolute Gasteiger partial charge is 0.305 e. The van der Waals surface area contributed by atoms with Crippen molar-refractivity contribution in [2.75, 3.05) is 6.61 Å². The Labute approximate surface area is 91.4 Å². The van der Waals surface area contributed by atoms with Gasteiger partial charge in [0.2, 0.25) is 0 Å². The Hall–Kier alpha value is -0.530. The van der Waals surface area contributed by atoms with Gasteiger partial charge in [0.15, 0.2) is 0 Å². The van der Waals surface area contributed by atoms with Gasteiger partial charge in [0.05, 0.1) is 6.61 Å². The van der Waals surface area contributed by atoms with Gasteiger partial charge in [-0.25, -0.2) is 0 Å². The van der Waals surface area contributed by atoms with Gasteiger partial charge in [0.25, 0.3) is 0 Å². The third kappa shape index (κ3) is 1.08. The van der Waals surface area contributed by atoms with Crippen molar-refractivity contribution in [1.29, 1.82) is 0 Å². The van der Waals surface area contributed by atoms with Gasteiger partial charge in [0.1, 0.15) is 0 Å². The zero-order valence-corrected chi connectivity index (χ0v) is 9.66. The van der Waals surface area contributed by atoms with Crippen LogP contribution in [-0.4, -0.2) is 12.6 Å². The molecule has 0 amide bonds. The molecule has 2 nitrogen and oxygen atoms in total. The number of fused-ring (bicyclic) bond motifs is 4. The highest BCUT2D eigenvalue weighted by Gasteiger charge is 2.70. The van der Waals surface area contributed by atoms with Gasteiger partial charge in [-0.2, -0.15) is 0 Å². The largest absolute Gasteiger partial charge is 0.465 e. The molecule has 3 rings (SSSR count). The summed E-state index contributed by atoms with van der Waals surface area (Å²) < 4.78 is 5.25. The molecule has 84 valence electrons. The molecule has 0 N–H and O–H groups in total. The van der Waals surface area contributed by atoms with Crippen LogP contribution in [0, 0.1) is 29.1 Å². The van der Waals surface area contributed by atoms with Crippen LogP contribution >= 0.6 is 0 Å². The van der Waals surface area contributed by atoms with Crippen LogP contribution in [0.25, 0.3) is 0 Å². The minimum absolute atomic E-state index is 0.0332. The lowest BCUT2D eigenvalue weighted by Gasteiger charge is -2.75. The number of carbonyl (C=O) groups is 1. The molecule has 0 aromatic rings. The zero-order valence-electron chi connectivity index (χ0n) is 9.66. The summed E-state index contributed by atoms with van der Waals surface area (Å²) in [4.78, 5) is 11.1. The molecule has 3 saturated carbocycles. The van der Waals surface area contributed by atoms with Crippen LogP contribution in [0.1, 0.15) is 39.5 Å². The van der Waals surface area contributed by atoms with E-state index in [1.54, 1.807) is 0 Å². The molecule has 0 aliphatic heterocycles. The molecule has 0 heterocycles. The fourth-order valence-electron chi connectivity index (χ4n) is 4.31. The van der Waals surface area contributed by atoms with Crippen molar-refractivity contribution >= 4 is 5.97 Å². The minimum atomic E-state index is -0.0332. The molecule has 5 unspecified atom stereocenters. The molecule has 0 spiro atoms. The van der Waals surface area contributed by atoms with Crippen LogP contribution in [0.5, 0.6) is 0 Å². The van der Waals surface area contributed by atoms with Crippen LogP contribution in [-0.2, 0) is 9.53 Å². The molecule has 3 aliphatic carbocycles. The standard InChI is InChI=1S/C13H20O2/c1-3-11(14)15-7-8-6-10-12(8)9-4-5-13(9,10)2/h8-10,12H,3-7H2,1-2H3. The number of ether oxygens (including phenoxy) is 1. The fraction of sp³-hybridized carbons (Fsp3) is 0.923. The Morgan fingerprint density at radius 1 is 1.47 bits per heavy atom. The third-order valence-corrected chi connectivity index (χ3v) is 5.47. The zero-order chi connectivity index (χ0) is 10.6. The Morgan fingerprint density at radius 2 is 2.27 bits per heavy atom. The van der Waals surface area contributed by atoms with Gasteiger partial charge in [-0.3, -0.25) is 4.79 Å². The van der Waals surface area contributed by atoms with Crippen LogP contribution in [0.4, 0.5) is 0 Å². The number of rotatable bonds is 3. The molecule has 15 heavy (non-hydrogen) atoms. The fourth-order valence-corrected chi connectivity index (χ4v) is 4.31. The van der Waals surface area contributed by atoms with E-state index in [1.807, 2.05) is 6.92 Å². The third-order valence-electron chi connectivity index (χ3n) is 5.47. The molecule has 3 fully saturated rings. The first-order valence-electron chi connectivity index (χ1n) is 6.32. The average Bonchev–Trinajstić information content (AvgIpc) is 2.21. The molecule has 3 aliphatic rings. The van der Waals surface area contributed by atoms with E-state index in [0.29, 0.717) is 24.4 Å². The summed E-state index contributed by atoms with van der Waals surface area (Å²) >= 11 is 0. The summed E-state index contributed by atoms with van der Waals surface area (Å²) in [6.45, 7) is 5.01. The van der Waals surface area contributed by atoms with Gasteiger partial charge in [0, 0.05) is 6.42 Å². The van der Waals surface area contributed by atoms with Gasteiger partial charge in [-0.1, -0.05) is 13.8 Å². The van der Waals surface area contributed by atoms with E-state index in [-0.39, 0.29) is 5.97 Å². The summed E-state index contributed by atoms with van der Waals surface area (Å²) in [5, 5.41) is 0. The highest BCUT2D eigenvalue weighted by molar-refractivity contribution is 5.68. The molecule has 5 atom stereocenters. The summed E-state index contributed by atoms with van der Waals surface area (Å²) in [5.74, 6) is 3.52. The maximum absolute atomic E-state index is 11.1. The topological polar surface area (TPSA) is 26.3 Å². The molecular formula is C13H20O2. The van der Waals surface area contributed by atoms with E-state index in [9.17, 15) is 4.79 Å². The molecule has 0 radical (unpaired) electrons. The van der Waals surface area contributed by atoms with Crippen LogP contribution in [0.15, 0.2) is 0 Å². The first kappa shape index (κ1) is 9.68. The van der Waals surface area contributed by atoms with Gasteiger partial charge >= 0.3 is 5.97 Å². The Kier molecular flexibility index (Phi) is 1.93. The van der Waals surface area contributed by atoms with Crippen molar-refractivity contribution in [1.82, 2.24) is 0 Å². The van der Waals surface area contributed by atoms with Crippen LogP contribution in [0.3, 0.4) is 0 Å². The maximum atomic E-state index is 11.1. The van der Waals surface area contributed by atoms with E-state index in [2.05, 4.69) is 6.92 Å². The van der Waals surface area contributed by atoms with Crippen molar-refractivity contribution in [3.63, 3.8) is 0 Å². The lowest BCUT2D eigenvalue weighted by Crippen LogP contribution is -2.70. The van der Waals surface area contributed by atoms with Gasteiger partial charge in [-0.15, -0.1) is 0 Å². The quantitative estimate of drug-likeness (QED) is 0.666. The van der Waals surface area contributed by atoms with E-state index in [0.717, 1.165) is 17.8 Å². The van der Waals surface area contributed by atoms with E-state index >= 15 is 0 Å². The molecule has 0 aromatic heterocycles. The number of hydrogen-bond acceptors (Lipinski definition) is 2. The first-order valence-corrected chi connectivity index (χ1v) is 6.32. The SMILES string of the molecule is CCC(=O)OCC1CC2C1C1CCC12C. The molecule has 0 bridgehead atoms. The van der Waals surface area contributed by atoms with E-state index in [1.165, 1.54) is 19.3 Å². The van der Waals surface area contributed by atoms with Crippen LogP contribution < -0.4 is 0 Å². The maximum Gasteiger partial charge on any atom is 0.305 e. The summed E-state index contributed by atoms with van der Waals surface area (Å²) in [6, 6.07) is 0. The molecule has 2 heteroatoms. The highest BCUT2D eigenvalue weighted by Crippen LogP contribution is 2.76. The average molecular weight is 208 g/mol. The minimum Gasteiger partial charge on any atom is -0.465 e. The number of carbonyl (C=O) groups excluding carboxylic acids is 1. The van der Waals surface area contributed by atoms with Crippen molar-refractivity contribution in [2.45, 2.75) is 39.5 Å². The Morgan fingerprint density at radius 3 is 2.80 bits per heavy atom. The Bertz CT molecular complexity index is 291. The lowest BCUT2D eigenvalue weighted by atomic mass is 9.29. The molecule has 0 saturated heterocycles. The second kappa shape index (κ2) is 2.99. The highest BCUT2D eigenvalue weighted by atomic mass is 16.5. The van der Waals surface area contributed by atoms with Crippen molar-refractivity contribution in [3.05, 3.63) is 0 Å². The van der Waals surface area contributed by atoms with E-state index in [4.69, 9.17) is 4.74 Å². The van der Waals surface area contributed by atoms with Gasteiger partial charge < -0.3 is 4.74 Å². The van der Waals surface area contributed by atoms with E-state index < -0.39 is 0 Å². The second-order valence-electron chi connectivity index (χ2n) is 5.87. The second-order valence-corrected chi connectivity index (χ2v) is 5.87. The van der Waals surface area contributed by atoms with Crippen molar-refractivity contribution in [3.8, 4) is 0 Å². The monoisotopic (exact) mass is 208 g/mol. The molecule has 0 aromatic carbocycles. The van der Waals surface area contributed by atoms with Crippen LogP contribution in [0.2, 0.25) is 0 Å². The van der Waals surface area contributed by atoms with Gasteiger partial charge in [-0.05, 0) is 48.3 Å². The normalized spacial score (nSPS) is 50.3. The summed E-state index contributed by atoms with van der Waals surface area (Å²) in [7, 11) is 0. The summed E-state index contributed by atoms with van der Waals surface area (Å²) in [6.07, 6.45) is 4.70. The number of hydrogen-bond donors (Lipinski definition) is 0. The number of esters is 1. The predicted molar refractivity (Wildman–Crippen MR) is 57.2 cm³/mol. The molecular weight excluding hydrogens is 188 g/mol. The van der Waals surface area contributed by atoms with Crippen molar-refractivity contribution in [2.24, 2.45) is 29.1 Å². The van der Waals surface area contributed by atoms with Crippen molar-refractivity contribution < 1.29 is 9.53 Å². The predicted octanol–water partition coefficient (Wildman–Crippen LogP) is 2.62. The lowest BCUT2D eigenvalue weighted by molar-refractivity contribution is -0.278.